The number of hydrogen-bond donors (Lipinski definition) is 2. The summed E-state index contributed by atoms with van der Waals surface area (Å²) < 4.78 is 32.8. The zero-order valence-corrected chi connectivity index (χ0v) is 16.2. The van der Waals surface area contributed by atoms with Gasteiger partial charge in [0.2, 0.25) is 0 Å². The second kappa shape index (κ2) is 9.64. The van der Waals surface area contributed by atoms with Crippen LogP contribution in [-0.2, 0) is 16.7 Å². The standard InChI is InChI=1S/C22H27F2N3O/c1-2-25-21(26-15-17-14-19(23)8-9-20(17)24)27-16-22(10-12-28-13-11-22)18-6-4-3-5-7-18/h3-9,14H,2,10-13,15-16H2,1H3,(H2,25,26,27). The number of halogens is 2. The molecule has 1 heterocycles. The van der Waals surface area contributed by atoms with Crippen LogP contribution in [0.1, 0.15) is 30.9 Å². The van der Waals surface area contributed by atoms with Crippen molar-refractivity contribution in [2.75, 3.05) is 26.3 Å². The molecule has 4 nitrogen and oxygen atoms in total. The van der Waals surface area contributed by atoms with Gasteiger partial charge in [-0.3, -0.25) is 0 Å². The first kappa shape index (κ1) is 20.3. The predicted molar refractivity (Wildman–Crippen MR) is 107 cm³/mol. The molecule has 1 aliphatic rings. The van der Waals surface area contributed by atoms with Gasteiger partial charge in [0, 0.05) is 37.3 Å². The van der Waals surface area contributed by atoms with Crippen molar-refractivity contribution in [1.29, 1.82) is 0 Å². The predicted octanol–water partition coefficient (Wildman–Crippen LogP) is 3.77. The van der Waals surface area contributed by atoms with Crippen LogP contribution in [0.15, 0.2) is 53.5 Å². The smallest absolute Gasteiger partial charge is 0.191 e. The maximum Gasteiger partial charge on any atom is 0.191 e. The van der Waals surface area contributed by atoms with Gasteiger partial charge >= 0.3 is 0 Å². The third kappa shape index (κ3) is 5.07. The lowest BCUT2D eigenvalue weighted by Crippen LogP contribution is -2.48. The van der Waals surface area contributed by atoms with Crippen molar-refractivity contribution in [1.82, 2.24) is 10.6 Å². The summed E-state index contributed by atoms with van der Waals surface area (Å²) in [4.78, 5) is 4.45. The summed E-state index contributed by atoms with van der Waals surface area (Å²) in [5.41, 5.74) is 1.47. The van der Waals surface area contributed by atoms with Crippen molar-refractivity contribution < 1.29 is 13.5 Å². The molecule has 0 radical (unpaired) electrons. The highest BCUT2D eigenvalue weighted by atomic mass is 19.1. The van der Waals surface area contributed by atoms with E-state index in [4.69, 9.17) is 4.74 Å². The lowest BCUT2D eigenvalue weighted by atomic mass is 9.74. The Kier molecular flexibility index (Phi) is 6.98. The van der Waals surface area contributed by atoms with E-state index in [1.807, 2.05) is 13.0 Å². The van der Waals surface area contributed by atoms with Crippen molar-refractivity contribution in [2.24, 2.45) is 4.99 Å². The molecule has 0 spiro atoms. The Bertz CT molecular complexity index is 790. The molecule has 0 atom stereocenters. The lowest BCUT2D eigenvalue weighted by molar-refractivity contribution is 0.0514. The highest BCUT2D eigenvalue weighted by Gasteiger charge is 2.34. The average Bonchev–Trinajstić information content (AvgIpc) is 2.73. The maximum absolute atomic E-state index is 13.9. The molecule has 0 aromatic heterocycles. The first-order valence-electron chi connectivity index (χ1n) is 9.72. The van der Waals surface area contributed by atoms with Crippen LogP contribution in [0.2, 0.25) is 0 Å². The average molecular weight is 387 g/mol. The van der Waals surface area contributed by atoms with Crippen LogP contribution in [0.25, 0.3) is 0 Å². The van der Waals surface area contributed by atoms with E-state index in [-0.39, 0.29) is 17.5 Å². The van der Waals surface area contributed by atoms with Gasteiger partial charge < -0.3 is 15.4 Å². The van der Waals surface area contributed by atoms with Crippen LogP contribution in [-0.4, -0.2) is 32.3 Å². The first-order chi connectivity index (χ1) is 13.6. The van der Waals surface area contributed by atoms with E-state index in [0.29, 0.717) is 19.0 Å². The molecule has 0 aliphatic carbocycles. The number of benzene rings is 2. The number of hydrogen-bond acceptors (Lipinski definition) is 2. The van der Waals surface area contributed by atoms with Gasteiger partial charge in [0.25, 0.3) is 0 Å². The van der Waals surface area contributed by atoms with Crippen LogP contribution >= 0.6 is 0 Å². The Hall–Kier alpha value is -2.47. The zero-order chi connectivity index (χ0) is 19.8. The third-order valence-corrected chi connectivity index (χ3v) is 5.19. The monoisotopic (exact) mass is 387 g/mol. The molecular formula is C22H27F2N3O. The summed E-state index contributed by atoms with van der Waals surface area (Å²) in [6.07, 6.45) is 1.84. The van der Waals surface area contributed by atoms with Crippen molar-refractivity contribution in [3.63, 3.8) is 0 Å². The Morgan fingerprint density at radius 1 is 1.07 bits per heavy atom. The molecule has 2 aromatic rings. The van der Waals surface area contributed by atoms with Gasteiger partial charge in [-0.15, -0.1) is 0 Å². The van der Waals surface area contributed by atoms with Gasteiger partial charge in [0.1, 0.15) is 11.6 Å². The summed E-state index contributed by atoms with van der Waals surface area (Å²) in [6.45, 7) is 4.86. The first-order valence-corrected chi connectivity index (χ1v) is 9.72. The summed E-state index contributed by atoms with van der Waals surface area (Å²) in [7, 11) is 0. The van der Waals surface area contributed by atoms with E-state index in [1.54, 1.807) is 0 Å². The van der Waals surface area contributed by atoms with E-state index in [2.05, 4.69) is 39.9 Å². The Labute approximate surface area is 165 Å². The van der Waals surface area contributed by atoms with Gasteiger partial charge in [-0.2, -0.15) is 0 Å². The normalized spacial score (nSPS) is 16.6. The Morgan fingerprint density at radius 2 is 1.82 bits per heavy atom. The summed E-state index contributed by atoms with van der Waals surface area (Å²) in [5, 5.41) is 6.59. The van der Waals surface area contributed by atoms with Crippen LogP contribution in [0, 0.1) is 11.6 Å². The largest absolute Gasteiger partial charge is 0.381 e. The van der Waals surface area contributed by atoms with E-state index < -0.39 is 11.6 Å². The fourth-order valence-electron chi connectivity index (χ4n) is 3.54. The topological polar surface area (TPSA) is 45.7 Å². The molecule has 0 bridgehead atoms. The van der Waals surface area contributed by atoms with Gasteiger partial charge in [-0.05, 0) is 43.5 Å². The molecule has 2 aromatic carbocycles. The summed E-state index contributed by atoms with van der Waals surface area (Å²) in [6, 6.07) is 13.9. The second-order valence-electron chi connectivity index (χ2n) is 7.04. The van der Waals surface area contributed by atoms with Crippen molar-refractivity contribution in [3.8, 4) is 0 Å². The third-order valence-electron chi connectivity index (χ3n) is 5.19. The number of nitrogens with zero attached hydrogens (tertiary/aromatic N) is 1. The SMILES string of the molecule is CCNC(=NCc1cc(F)ccc1F)NCC1(c2ccccc2)CCOCC1. The van der Waals surface area contributed by atoms with Crippen molar-refractivity contribution in [2.45, 2.75) is 31.7 Å². The molecule has 0 unspecified atom stereocenters. The van der Waals surface area contributed by atoms with E-state index in [1.165, 1.54) is 11.6 Å². The Morgan fingerprint density at radius 3 is 2.54 bits per heavy atom. The van der Waals surface area contributed by atoms with Crippen molar-refractivity contribution in [3.05, 3.63) is 71.3 Å². The molecular weight excluding hydrogens is 360 g/mol. The summed E-state index contributed by atoms with van der Waals surface area (Å²) >= 11 is 0. The molecule has 1 saturated heterocycles. The number of ether oxygens (including phenoxy) is 1. The lowest BCUT2D eigenvalue weighted by Gasteiger charge is -2.38. The zero-order valence-electron chi connectivity index (χ0n) is 16.2. The number of rotatable bonds is 6. The van der Waals surface area contributed by atoms with Gasteiger partial charge in [0.15, 0.2) is 5.96 Å². The van der Waals surface area contributed by atoms with E-state index in [9.17, 15) is 8.78 Å². The Balaban J connectivity index is 1.74. The minimum atomic E-state index is -0.463. The summed E-state index contributed by atoms with van der Waals surface area (Å²) in [5.74, 6) is -0.325. The van der Waals surface area contributed by atoms with Crippen LogP contribution in [0.5, 0.6) is 0 Å². The highest BCUT2D eigenvalue weighted by molar-refractivity contribution is 5.79. The van der Waals surface area contributed by atoms with Crippen molar-refractivity contribution >= 4 is 5.96 Å². The minimum Gasteiger partial charge on any atom is -0.381 e. The molecule has 0 amide bonds. The van der Waals surface area contributed by atoms with Crippen LogP contribution < -0.4 is 10.6 Å². The maximum atomic E-state index is 13.9. The van der Waals surface area contributed by atoms with Gasteiger partial charge in [0.05, 0.1) is 6.54 Å². The molecule has 0 saturated carbocycles. The number of guanidine groups is 1. The quantitative estimate of drug-likeness (QED) is 0.586. The number of nitrogens with one attached hydrogen (secondary N) is 2. The molecule has 150 valence electrons. The van der Waals surface area contributed by atoms with Gasteiger partial charge in [-0.1, -0.05) is 30.3 Å². The molecule has 1 fully saturated rings. The highest BCUT2D eigenvalue weighted by Crippen LogP contribution is 2.34. The molecule has 28 heavy (non-hydrogen) atoms. The fourth-order valence-corrected chi connectivity index (χ4v) is 3.54. The van der Waals surface area contributed by atoms with Crippen LogP contribution in [0.3, 0.4) is 0 Å². The second-order valence-corrected chi connectivity index (χ2v) is 7.04. The molecule has 2 N–H and O–H groups in total. The van der Waals surface area contributed by atoms with E-state index >= 15 is 0 Å². The molecule has 6 heteroatoms. The minimum absolute atomic E-state index is 0.0419. The molecule has 3 rings (SSSR count). The molecule has 1 aliphatic heterocycles. The van der Waals surface area contributed by atoms with Crippen LogP contribution in [0.4, 0.5) is 8.78 Å². The van der Waals surface area contributed by atoms with E-state index in [0.717, 1.165) is 38.2 Å². The fraction of sp³-hybridized carbons (Fsp3) is 0.409. The van der Waals surface area contributed by atoms with Gasteiger partial charge in [-0.25, -0.2) is 13.8 Å². The number of aliphatic imine (C=N–C) groups is 1.